The fourth-order valence-corrected chi connectivity index (χ4v) is 2.15. The molecule has 0 aromatic carbocycles. The largest absolute Gasteiger partial charge is 0.394 e. The zero-order chi connectivity index (χ0) is 14.9. The van der Waals surface area contributed by atoms with Gasteiger partial charge in [0.05, 0.1) is 6.61 Å². The van der Waals surface area contributed by atoms with E-state index in [1.54, 1.807) is 0 Å². The molecule has 9 nitrogen and oxygen atoms in total. The topological polar surface area (TPSA) is 143 Å². The van der Waals surface area contributed by atoms with Gasteiger partial charge in [-0.05, 0) is 11.6 Å². The summed E-state index contributed by atoms with van der Waals surface area (Å²) in [6.45, 7) is -0.536. The maximum atomic E-state index is 11.7. The van der Waals surface area contributed by atoms with Crippen LogP contribution >= 0.6 is 11.6 Å². The van der Waals surface area contributed by atoms with Gasteiger partial charge in [0.15, 0.2) is 11.8 Å². The van der Waals surface area contributed by atoms with Gasteiger partial charge in [-0.1, -0.05) is 5.92 Å². The number of nitrogens with one attached hydrogen (secondary N) is 1. The molecule has 1 aromatic rings. The highest BCUT2D eigenvalue weighted by molar-refractivity contribution is 6.30. The Morgan fingerprint density at radius 2 is 2.35 bits per heavy atom. The lowest BCUT2D eigenvalue weighted by atomic mass is 9.92. The van der Waals surface area contributed by atoms with Crippen molar-refractivity contribution in [2.45, 2.75) is 24.0 Å². The molecule has 1 aromatic heterocycles. The van der Waals surface area contributed by atoms with Crippen LogP contribution in [-0.4, -0.2) is 49.1 Å². The lowest BCUT2D eigenvalue weighted by Crippen LogP contribution is -2.55. The van der Waals surface area contributed by atoms with Gasteiger partial charge in [-0.2, -0.15) is 4.98 Å². The third-order valence-corrected chi connectivity index (χ3v) is 3.09. The molecular weight excluding hydrogens is 292 g/mol. The number of aliphatic hydroxyl groups is 2. The summed E-state index contributed by atoms with van der Waals surface area (Å²) >= 11 is 5.31. The van der Waals surface area contributed by atoms with E-state index in [0.29, 0.717) is 0 Å². The second kappa shape index (κ2) is 5.35. The zero-order valence-electron chi connectivity index (χ0n) is 9.99. The molecule has 2 rings (SSSR count). The normalized spacial score (nSPS) is 32.7. The molecule has 1 saturated heterocycles. The summed E-state index contributed by atoms with van der Waals surface area (Å²) in [6.07, 6.45) is -2.79. The number of nitrogens with zero attached hydrogens (tertiary/aromatic N) is 2. The lowest BCUT2D eigenvalue weighted by Gasteiger charge is -2.27. The number of aliphatic hydroxyl groups excluding tert-OH is 2. The number of rotatable bonds is 2. The van der Waals surface area contributed by atoms with E-state index >= 15 is 0 Å². The maximum absolute atomic E-state index is 11.7. The van der Waals surface area contributed by atoms with Crippen LogP contribution in [0.15, 0.2) is 15.9 Å². The highest BCUT2D eigenvalue weighted by atomic mass is 35.5. The minimum absolute atomic E-state index is 0.536. The van der Waals surface area contributed by atoms with Gasteiger partial charge in [-0.3, -0.25) is 9.55 Å². The van der Waals surface area contributed by atoms with E-state index in [1.165, 1.54) is 0 Å². The summed E-state index contributed by atoms with van der Waals surface area (Å²) in [5.41, 5.74) is 2.52. The standard InChI is InChI=1S/C10H11ClN4O5/c11-2-1-10(12)6(17)5(3-16)20-7(10)15-4-13-8(18)14-9(15)19/h4-7,16-17H,3,12H2,(H,14,18,19)/t5-,6?,7-,10-/m1/s1. The third kappa shape index (κ3) is 2.24. The molecular formula is C10H11ClN4O5. The Labute approximate surface area is 117 Å². The Bertz CT molecular complexity index is 676. The molecule has 1 unspecified atom stereocenters. The number of nitrogens with two attached hydrogens (primary N) is 1. The van der Waals surface area contributed by atoms with E-state index < -0.39 is 42.0 Å². The fourth-order valence-electron chi connectivity index (χ4n) is 1.98. The lowest BCUT2D eigenvalue weighted by molar-refractivity contribution is -0.0481. The molecule has 0 saturated carbocycles. The van der Waals surface area contributed by atoms with Crippen molar-refractivity contribution in [3.8, 4) is 11.3 Å². The molecule has 20 heavy (non-hydrogen) atoms. The van der Waals surface area contributed by atoms with Crippen LogP contribution in [0.25, 0.3) is 0 Å². The van der Waals surface area contributed by atoms with Crippen LogP contribution in [0.1, 0.15) is 6.23 Å². The minimum Gasteiger partial charge on any atom is -0.394 e. The van der Waals surface area contributed by atoms with E-state index in [4.69, 9.17) is 27.2 Å². The smallest absolute Gasteiger partial charge is 0.350 e. The first-order valence-corrected chi connectivity index (χ1v) is 5.85. The molecule has 108 valence electrons. The molecule has 4 atom stereocenters. The van der Waals surface area contributed by atoms with E-state index in [9.17, 15) is 14.7 Å². The van der Waals surface area contributed by atoms with Gasteiger partial charge in [0.25, 0.3) is 0 Å². The van der Waals surface area contributed by atoms with Crippen molar-refractivity contribution in [2.75, 3.05) is 6.61 Å². The molecule has 5 N–H and O–H groups in total. The third-order valence-electron chi connectivity index (χ3n) is 3.00. The molecule has 1 aliphatic rings. The van der Waals surface area contributed by atoms with Crippen molar-refractivity contribution in [2.24, 2.45) is 5.73 Å². The molecule has 2 heterocycles. The van der Waals surface area contributed by atoms with Crippen LogP contribution in [0.3, 0.4) is 0 Å². The Morgan fingerprint density at radius 1 is 1.65 bits per heavy atom. The first kappa shape index (κ1) is 14.7. The average molecular weight is 303 g/mol. The van der Waals surface area contributed by atoms with Gasteiger partial charge < -0.3 is 20.7 Å². The van der Waals surface area contributed by atoms with Gasteiger partial charge >= 0.3 is 11.4 Å². The quantitative estimate of drug-likeness (QED) is 0.428. The fraction of sp³-hybridized carbons (Fsp3) is 0.500. The molecule has 0 amide bonds. The van der Waals surface area contributed by atoms with E-state index in [1.807, 2.05) is 10.4 Å². The number of ether oxygens (including phenoxy) is 1. The van der Waals surface area contributed by atoms with Crippen molar-refractivity contribution < 1.29 is 14.9 Å². The summed E-state index contributed by atoms with van der Waals surface area (Å²) in [5.74, 6) is 2.35. The van der Waals surface area contributed by atoms with Crippen LogP contribution in [0.5, 0.6) is 0 Å². The Hall–Kier alpha value is -1.70. The minimum atomic E-state index is -1.74. The number of aromatic amines is 1. The van der Waals surface area contributed by atoms with Crippen LogP contribution in [-0.2, 0) is 4.74 Å². The molecule has 10 heteroatoms. The number of hydrogen-bond donors (Lipinski definition) is 4. The van der Waals surface area contributed by atoms with Crippen molar-refractivity contribution >= 4 is 11.6 Å². The van der Waals surface area contributed by atoms with E-state index in [0.717, 1.165) is 10.9 Å². The van der Waals surface area contributed by atoms with Gasteiger partial charge in [0.1, 0.15) is 18.5 Å². The number of halogens is 1. The Kier molecular flexibility index (Phi) is 3.94. The Balaban J connectivity index is 2.55. The summed E-state index contributed by atoms with van der Waals surface area (Å²) in [5, 5.41) is 21.2. The molecule has 0 aliphatic carbocycles. The summed E-state index contributed by atoms with van der Waals surface area (Å²) < 4.78 is 6.18. The SMILES string of the molecule is N[C@]1(C#CCl)C(O)[C@@H](CO)O[C@H]1n1cnc(=O)[nH]c1=O. The zero-order valence-corrected chi connectivity index (χ0v) is 10.7. The predicted molar refractivity (Wildman–Crippen MR) is 66.7 cm³/mol. The molecule has 0 radical (unpaired) electrons. The summed E-state index contributed by atoms with van der Waals surface area (Å²) in [7, 11) is 0. The molecule has 0 bridgehead atoms. The van der Waals surface area contributed by atoms with Crippen LogP contribution < -0.4 is 17.1 Å². The van der Waals surface area contributed by atoms with Crippen molar-refractivity contribution in [3.05, 3.63) is 27.3 Å². The van der Waals surface area contributed by atoms with Crippen LogP contribution in [0.2, 0.25) is 0 Å². The van der Waals surface area contributed by atoms with Gasteiger partial charge in [-0.15, -0.1) is 0 Å². The highest BCUT2D eigenvalue weighted by Gasteiger charge is 2.54. The Morgan fingerprint density at radius 3 is 2.90 bits per heavy atom. The van der Waals surface area contributed by atoms with E-state index in [2.05, 4.69) is 10.9 Å². The molecule has 1 aliphatic heterocycles. The van der Waals surface area contributed by atoms with Crippen LogP contribution in [0, 0.1) is 11.3 Å². The second-order valence-corrected chi connectivity index (χ2v) is 4.38. The van der Waals surface area contributed by atoms with Crippen LogP contribution in [0.4, 0.5) is 0 Å². The van der Waals surface area contributed by atoms with Gasteiger partial charge in [0.2, 0.25) is 0 Å². The van der Waals surface area contributed by atoms with Crippen molar-refractivity contribution in [1.29, 1.82) is 0 Å². The van der Waals surface area contributed by atoms with Crippen molar-refractivity contribution in [1.82, 2.24) is 14.5 Å². The predicted octanol–water partition coefficient (Wildman–Crippen LogP) is -2.92. The first-order valence-electron chi connectivity index (χ1n) is 5.47. The average Bonchev–Trinajstić information content (AvgIpc) is 2.63. The van der Waals surface area contributed by atoms with E-state index in [-0.39, 0.29) is 0 Å². The first-order chi connectivity index (χ1) is 9.43. The maximum Gasteiger partial charge on any atom is 0.350 e. The second-order valence-electron chi connectivity index (χ2n) is 4.19. The molecule has 0 spiro atoms. The van der Waals surface area contributed by atoms with Gasteiger partial charge in [0, 0.05) is 5.38 Å². The van der Waals surface area contributed by atoms with Gasteiger partial charge in [-0.25, -0.2) is 9.59 Å². The highest BCUT2D eigenvalue weighted by Crippen LogP contribution is 2.35. The number of hydrogen-bond acceptors (Lipinski definition) is 7. The summed E-state index contributed by atoms with van der Waals surface area (Å²) in [4.78, 5) is 28.0. The summed E-state index contributed by atoms with van der Waals surface area (Å²) in [6, 6.07) is 0. The number of H-pyrrole nitrogens is 1. The van der Waals surface area contributed by atoms with Crippen molar-refractivity contribution in [3.63, 3.8) is 0 Å². The monoisotopic (exact) mass is 302 g/mol. The molecule has 1 fully saturated rings. The number of aromatic nitrogens is 3.